The van der Waals surface area contributed by atoms with Crippen LogP contribution in [0.5, 0.6) is 0 Å². The lowest BCUT2D eigenvalue weighted by atomic mass is 9.68. The lowest BCUT2D eigenvalue weighted by Crippen LogP contribution is -2.45. The van der Waals surface area contributed by atoms with E-state index in [0.29, 0.717) is 17.1 Å². The van der Waals surface area contributed by atoms with Crippen molar-refractivity contribution in [3.05, 3.63) is 23.8 Å². The van der Waals surface area contributed by atoms with Gasteiger partial charge in [-0.05, 0) is 54.2 Å². The van der Waals surface area contributed by atoms with Crippen molar-refractivity contribution in [2.45, 2.75) is 46.1 Å². The third kappa shape index (κ3) is 2.08. The third-order valence-corrected chi connectivity index (χ3v) is 5.86. The Morgan fingerprint density at radius 2 is 2.10 bits per heavy atom. The fourth-order valence-electron chi connectivity index (χ4n) is 4.68. The molecular formula is C17H24N2O2. The molecule has 0 spiro atoms. The summed E-state index contributed by atoms with van der Waals surface area (Å²) in [7, 11) is 0. The number of carbonyl (C=O) groups is 1. The molecule has 2 aliphatic rings. The van der Waals surface area contributed by atoms with Gasteiger partial charge in [-0.2, -0.15) is 0 Å². The van der Waals surface area contributed by atoms with Crippen LogP contribution in [0.4, 0.5) is 11.4 Å². The van der Waals surface area contributed by atoms with Crippen molar-refractivity contribution in [1.82, 2.24) is 0 Å². The summed E-state index contributed by atoms with van der Waals surface area (Å²) in [5.41, 5.74) is 7.84. The van der Waals surface area contributed by atoms with Crippen molar-refractivity contribution < 1.29 is 9.90 Å². The molecule has 114 valence electrons. The number of anilines is 2. The number of nitrogen functional groups attached to an aromatic ring is 1. The third-order valence-electron chi connectivity index (χ3n) is 5.86. The second kappa shape index (κ2) is 4.39. The zero-order valence-corrected chi connectivity index (χ0v) is 12.9. The molecule has 4 heteroatoms. The van der Waals surface area contributed by atoms with Gasteiger partial charge in [-0.15, -0.1) is 0 Å². The molecule has 2 saturated carbocycles. The maximum atomic E-state index is 11.0. The highest BCUT2D eigenvalue weighted by Gasteiger charge is 2.59. The maximum absolute atomic E-state index is 11.0. The van der Waals surface area contributed by atoms with Gasteiger partial charge in [-0.25, -0.2) is 4.79 Å². The van der Waals surface area contributed by atoms with E-state index in [4.69, 9.17) is 10.8 Å². The predicted octanol–water partition coefficient (Wildman–Crippen LogP) is 3.59. The summed E-state index contributed by atoms with van der Waals surface area (Å²) in [4.78, 5) is 11.0. The summed E-state index contributed by atoms with van der Waals surface area (Å²) in [6.07, 6.45) is 3.86. The molecule has 0 heterocycles. The lowest BCUT2D eigenvalue weighted by molar-refractivity contribution is 0.0698. The van der Waals surface area contributed by atoms with Gasteiger partial charge in [0.05, 0.1) is 5.56 Å². The standard InChI is InChI=1S/C17H24N2O2/c1-16(2)10-6-7-17(3,9-10)15(16)19-11-4-5-12(14(20)21)13(18)8-11/h4-5,8,10,15,19H,6-7,9,18H2,1-3H3,(H,20,21). The second-order valence-electron chi connectivity index (χ2n) is 7.60. The zero-order chi connectivity index (χ0) is 15.4. The van der Waals surface area contributed by atoms with E-state index in [1.807, 2.05) is 6.07 Å². The summed E-state index contributed by atoms with van der Waals surface area (Å²) >= 11 is 0. The minimum absolute atomic E-state index is 0.166. The van der Waals surface area contributed by atoms with Crippen LogP contribution < -0.4 is 11.1 Å². The minimum Gasteiger partial charge on any atom is -0.478 e. The van der Waals surface area contributed by atoms with Crippen LogP contribution in [0.1, 0.15) is 50.4 Å². The van der Waals surface area contributed by atoms with Crippen LogP contribution in [0.15, 0.2) is 18.2 Å². The maximum Gasteiger partial charge on any atom is 0.337 e. The number of aromatic carboxylic acids is 1. The summed E-state index contributed by atoms with van der Waals surface area (Å²) < 4.78 is 0. The van der Waals surface area contributed by atoms with Crippen LogP contribution in [-0.2, 0) is 0 Å². The van der Waals surface area contributed by atoms with E-state index in [1.165, 1.54) is 19.3 Å². The molecule has 3 atom stereocenters. The summed E-state index contributed by atoms with van der Waals surface area (Å²) in [5.74, 6) is -0.207. The zero-order valence-electron chi connectivity index (χ0n) is 12.9. The molecule has 0 aromatic heterocycles. The van der Waals surface area contributed by atoms with Crippen molar-refractivity contribution in [1.29, 1.82) is 0 Å². The molecular weight excluding hydrogens is 264 g/mol. The van der Waals surface area contributed by atoms with Crippen LogP contribution in [0.25, 0.3) is 0 Å². The van der Waals surface area contributed by atoms with Gasteiger partial charge in [-0.1, -0.05) is 20.8 Å². The van der Waals surface area contributed by atoms with Crippen molar-refractivity contribution in [3.8, 4) is 0 Å². The number of benzene rings is 1. The van der Waals surface area contributed by atoms with Crippen LogP contribution in [-0.4, -0.2) is 17.1 Å². The normalized spacial score (nSPS) is 33.1. The second-order valence-corrected chi connectivity index (χ2v) is 7.60. The van der Waals surface area contributed by atoms with Gasteiger partial charge >= 0.3 is 5.97 Å². The van der Waals surface area contributed by atoms with E-state index in [2.05, 4.69) is 26.1 Å². The Morgan fingerprint density at radius 3 is 2.62 bits per heavy atom. The average molecular weight is 288 g/mol. The molecule has 0 radical (unpaired) electrons. The summed E-state index contributed by atoms with van der Waals surface area (Å²) in [6, 6.07) is 5.56. The molecule has 0 aliphatic heterocycles. The number of hydrogen-bond donors (Lipinski definition) is 3. The van der Waals surface area contributed by atoms with E-state index in [0.717, 1.165) is 11.6 Å². The first-order chi connectivity index (χ1) is 9.74. The molecule has 4 nitrogen and oxygen atoms in total. The smallest absolute Gasteiger partial charge is 0.337 e. The molecule has 2 bridgehead atoms. The van der Waals surface area contributed by atoms with E-state index in [-0.39, 0.29) is 11.0 Å². The Labute approximate surface area is 125 Å². The number of hydrogen-bond acceptors (Lipinski definition) is 3. The monoisotopic (exact) mass is 288 g/mol. The van der Waals surface area contributed by atoms with E-state index in [1.54, 1.807) is 12.1 Å². The van der Waals surface area contributed by atoms with Gasteiger partial charge in [0, 0.05) is 17.4 Å². The van der Waals surface area contributed by atoms with Gasteiger partial charge < -0.3 is 16.2 Å². The number of nitrogens with one attached hydrogen (secondary N) is 1. The fraction of sp³-hybridized carbons (Fsp3) is 0.588. The molecule has 0 saturated heterocycles. The van der Waals surface area contributed by atoms with Crippen molar-refractivity contribution in [2.75, 3.05) is 11.1 Å². The number of carboxylic acids is 1. The molecule has 2 aliphatic carbocycles. The van der Waals surface area contributed by atoms with Gasteiger partial charge in [0.15, 0.2) is 0 Å². The van der Waals surface area contributed by atoms with Crippen LogP contribution in [0.3, 0.4) is 0 Å². The molecule has 4 N–H and O–H groups in total. The molecule has 0 amide bonds. The first kappa shape index (κ1) is 14.2. The fourth-order valence-corrected chi connectivity index (χ4v) is 4.68. The molecule has 21 heavy (non-hydrogen) atoms. The van der Waals surface area contributed by atoms with Crippen LogP contribution in [0, 0.1) is 16.7 Å². The van der Waals surface area contributed by atoms with E-state index >= 15 is 0 Å². The predicted molar refractivity (Wildman–Crippen MR) is 84.5 cm³/mol. The van der Waals surface area contributed by atoms with Crippen molar-refractivity contribution >= 4 is 17.3 Å². The first-order valence-electron chi connectivity index (χ1n) is 7.63. The van der Waals surface area contributed by atoms with E-state index < -0.39 is 5.97 Å². The number of fused-ring (bicyclic) bond motifs is 2. The lowest BCUT2D eigenvalue weighted by Gasteiger charge is -2.43. The Morgan fingerprint density at radius 1 is 1.38 bits per heavy atom. The van der Waals surface area contributed by atoms with Crippen molar-refractivity contribution in [3.63, 3.8) is 0 Å². The average Bonchev–Trinajstić information content (AvgIpc) is 2.85. The van der Waals surface area contributed by atoms with Gasteiger partial charge in [-0.3, -0.25) is 0 Å². The largest absolute Gasteiger partial charge is 0.478 e. The SMILES string of the molecule is CC12CCC(C1)C(C)(C)C2Nc1ccc(C(=O)O)c(N)c1. The molecule has 3 rings (SSSR count). The van der Waals surface area contributed by atoms with Crippen LogP contribution >= 0.6 is 0 Å². The van der Waals surface area contributed by atoms with Gasteiger partial charge in [0.2, 0.25) is 0 Å². The van der Waals surface area contributed by atoms with Crippen LogP contribution in [0.2, 0.25) is 0 Å². The molecule has 2 fully saturated rings. The van der Waals surface area contributed by atoms with Crippen molar-refractivity contribution in [2.24, 2.45) is 16.7 Å². The number of carboxylic acid groups (broad SMARTS) is 1. The highest BCUT2D eigenvalue weighted by molar-refractivity contribution is 5.94. The Hall–Kier alpha value is -1.71. The topological polar surface area (TPSA) is 75.3 Å². The highest BCUT2D eigenvalue weighted by atomic mass is 16.4. The first-order valence-corrected chi connectivity index (χ1v) is 7.63. The van der Waals surface area contributed by atoms with Gasteiger partial charge in [0.25, 0.3) is 0 Å². The van der Waals surface area contributed by atoms with Gasteiger partial charge in [0.1, 0.15) is 0 Å². The minimum atomic E-state index is -0.980. The Bertz CT molecular complexity index is 592. The molecule has 3 unspecified atom stereocenters. The molecule has 1 aromatic rings. The Balaban J connectivity index is 1.87. The number of nitrogens with two attached hydrogens (primary N) is 1. The van der Waals surface area contributed by atoms with E-state index in [9.17, 15) is 4.79 Å². The Kier molecular flexibility index (Phi) is 2.98. The molecule has 1 aromatic carbocycles. The number of rotatable bonds is 3. The quantitative estimate of drug-likeness (QED) is 0.743. The summed E-state index contributed by atoms with van der Waals surface area (Å²) in [5, 5.41) is 12.7. The highest BCUT2D eigenvalue weighted by Crippen LogP contribution is 2.63. The summed E-state index contributed by atoms with van der Waals surface area (Å²) in [6.45, 7) is 7.05.